The number of ether oxygens (including phenoxy) is 1. The third-order valence-electron chi connectivity index (χ3n) is 2.45. The highest BCUT2D eigenvalue weighted by Gasteiger charge is 2.17. The van der Waals surface area contributed by atoms with Gasteiger partial charge in [-0.05, 0) is 12.8 Å². The molecular formula is C11H16N2O2. The van der Waals surface area contributed by atoms with Gasteiger partial charge in [-0.1, -0.05) is 13.8 Å². The van der Waals surface area contributed by atoms with Gasteiger partial charge >= 0.3 is 0 Å². The molecule has 0 atom stereocenters. The minimum absolute atomic E-state index is 0.0488. The van der Waals surface area contributed by atoms with Gasteiger partial charge in [0.15, 0.2) is 5.78 Å². The maximum atomic E-state index is 11.9. The fourth-order valence-corrected chi connectivity index (χ4v) is 1.42. The third-order valence-corrected chi connectivity index (χ3v) is 2.45. The van der Waals surface area contributed by atoms with Crippen LogP contribution in [0, 0.1) is 5.92 Å². The lowest BCUT2D eigenvalue weighted by Crippen LogP contribution is -2.14. The van der Waals surface area contributed by atoms with Crippen molar-refractivity contribution in [2.24, 2.45) is 5.92 Å². The molecule has 1 heterocycles. The van der Waals surface area contributed by atoms with Crippen LogP contribution in [-0.4, -0.2) is 22.9 Å². The number of carbonyl (C=O) groups is 1. The summed E-state index contributed by atoms with van der Waals surface area (Å²) < 4.78 is 4.88. The molecule has 0 fully saturated rings. The van der Waals surface area contributed by atoms with Gasteiger partial charge < -0.3 is 4.74 Å². The molecule has 1 aromatic rings. The highest BCUT2D eigenvalue weighted by atomic mass is 16.5. The second kappa shape index (κ2) is 5.44. The van der Waals surface area contributed by atoms with E-state index in [1.807, 2.05) is 13.8 Å². The first kappa shape index (κ1) is 11.6. The lowest BCUT2D eigenvalue weighted by atomic mass is 9.96. The predicted octanol–water partition coefficient (Wildman–Crippen LogP) is 2.10. The Morgan fingerprint density at radius 2 is 2.00 bits per heavy atom. The van der Waals surface area contributed by atoms with Gasteiger partial charge in [0.05, 0.1) is 19.5 Å². The molecular weight excluding hydrogens is 192 g/mol. The molecule has 4 nitrogen and oxygen atoms in total. The Bertz CT molecular complexity index is 318. The molecule has 0 aliphatic heterocycles. The van der Waals surface area contributed by atoms with Crippen LogP contribution in [0.3, 0.4) is 0 Å². The molecule has 1 rings (SSSR count). The zero-order chi connectivity index (χ0) is 11.3. The summed E-state index contributed by atoms with van der Waals surface area (Å²) in [5, 5.41) is 0. The molecule has 82 valence electrons. The summed E-state index contributed by atoms with van der Waals surface area (Å²) >= 11 is 0. The van der Waals surface area contributed by atoms with E-state index in [2.05, 4.69) is 9.97 Å². The van der Waals surface area contributed by atoms with Crippen molar-refractivity contribution < 1.29 is 9.53 Å². The summed E-state index contributed by atoms with van der Waals surface area (Å²) in [6, 6.07) is 0. The third kappa shape index (κ3) is 2.75. The van der Waals surface area contributed by atoms with Gasteiger partial charge in [0.25, 0.3) is 0 Å². The van der Waals surface area contributed by atoms with Gasteiger partial charge in [-0.25, -0.2) is 9.97 Å². The number of hydrogen-bond acceptors (Lipinski definition) is 4. The number of aromatic nitrogens is 2. The molecule has 0 radical (unpaired) electrons. The topological polar surface area (TPSA) is 52.1 Å². The summed E-state index contributed by atoms with van der Waals surface area (Å²) in [6.45, 7) is 4.01. The smallest absolute Gasteiger partial charge is 0.232 e. The van der Waals surface area contributed by atoms with Crippen LogP contribution in [0.1, 0.15) is 37.2 Å². The fourth-order valence-electron chi connectivity index (χ4n) is 1.42. The first-order valence-corrected chi connectivity index (χ1v) is 5.13. The first-order chi connectivity index (χ1) is 7.22. The molecule has 0 amide bonds. The van der Waals surface area contributed by atoms with E-state index < -0.39 is 0 Å². The number of hydrogen-bond donors (Lipinski definition) is 0. The zero-order valence-corrected chi connectivity index (χ0v) is 9.36. The number of methoxy groups -OCH3 is 1. The normalized spacial score (nSPS) is 10.4. The van der Waals surface area contributed by atoms with Crippen molar-refractivity contribution in [3.05, 3.63) is 18.1 Å². The fraction of sp³-hybridized carbons (Fsp3) is 0.545. The molecule has 0 aliphatic carbocycles. The van der Waals surface area contributed by atoms with Crippen LogP contribution in [0.15, 0.2) is 12.4 Å². The molecule has 0 saturated heterocycles. The SMILES string of the molecule is CCC(CC)C(=O)c1cnc(OC)cn1. The maximum Gasteiger partial charge on any atom is 0.232 e. The zero-order valence-electron chi connectivity index (χ0n) is 9.36. The second-order valence-electron chi connectivity index (χ2n) is 3.32. The van der Waals surface area contributed by atoms with Gasteiger partial charge in [0.2, 0.25) is 5.88 Å². The highest BCUT2D eigenvalue weighted by molar-refractivity contribution is 5.95. The van der Waals surface area contributed by atoms with Gasteiger partial charge in [0.1, 0.15) is 5.69 Å². The van der Waals surface area contributed by atoms with Crippen LogP contribution in [0.25, 0.3) is 0 Å². The molecule has 0 N–H and O–H groups in total. The summed E-state index contributed by atoms with van der Waals surface area (Å²) in [5.74, 6) is 0.541. The quantitative estimate of drug-likeness (QED) is 0.695. The molecule has 1 aromatic heterocycles. The van der Waals surface area contributed by atoms with E-state index in [0.717, 1.165) is 12.8 Å². The molecule has 0 spiro atoms. The Balaban J connectivity index is 2.82. The van der Waals surface area contributed by atoms with E-state index in [-0.39, 0.29) is 11.7 Å². The predicted molar refractivity (Wildman–Crippen MR) is 57.0 cm³/mol. The average molecular weight is 208 g/mol. The monoisotopic (exact) mass is 208 g/mol. The van der Waals surface area contributed by atoms with E-state index in [1.54, 1.807) is 0 Å². The average Bonchev–Trinajstić information content (AvgIpc) is 2.30. The minimum atomic E-state index is 0.0488. The Morgan fingerprint density at radius 3 is 2.40 bits per heavy atom. The lowest BCUT2D eigenvalue weighted by Gasteiger charge is -2.09. The molecule has 0 aliphatic rings. The standard InChI is InChI=1S/C11H16N2O2/c1-4-8(5-2)11(14)9-6-13-10(15-3)7-12-9/h6-8H,4-5H2,1-3H3. The number of ketones is 1. The number of nitrogens with zero attached hydrogens (tertiary/aromatic N) is 2. The highest BCUT2D eigenvalue weighted by Crippen LogP contribution is 2.14. The second-order valence-corrected chi connectivity index (χ2v) is 3.32. The van der Waals surface area contributed by atoms with Crippen molar-refractivity contribution in [1.29, 1.82) is 0 Å². The number of Topliss-reactive ketones (excluding diaryl/α,β-unsaturated/α-hetero) is 1. The molecule has 0 unspecified atom stereocenters. The van der Waals surface area contributed by atoms with Crippen molar-refractivity contribution in [1.82, 2.24) is 9.97 Å². The van der Waals surface area contributed by atoms with Crippen LogP contribution < -0.4 is 4.74 Å². The minimum Gasteiger partial charge on any atom is -0.480 e. The van der Waals surface area contributed by atoms with Gasteiger partial charge in [-0.3, -0.25) is 4.79 Å². The number of rotatable bonds is 5. The van der Waals surface area contributed by atoms with E-state index in [9.17, 15) is 4.79 Å². The number of carbonyl (C=O) groups excluding carboxylic acids is 1. The Hall–Kier alpha value is -1.45. The Labute approximate surface area is 89.7 Å². The van der Waals surface area contributed by atoms with Gasteiger partial charge in [-0.2, -0.15) is 0 Å². The van der Waals surface area contributed by atoms with Crippen LogP contribution in [-0.2, 0) is 0 Å². The van der Waals surface area contributed by atoms with Crippen molar-refractivity contribution in [2.75, 3.05) is 7.11 Å². The Morgan fingerprint density at radius 1 is 1.33 bits per heavy atom. The molecule has 0 saturated carbocycles. The molecule has 0 aromatic carbocycles. The van der Waals surface area contributed by atoms with Crippen LogP contribution in [0.4, 0.5) is 0 Å². The molecule has 4 heteroatoms. The van der Waals surface area contributed by atoms with Crippen LogP contribution in [0.5, 0.6) is 5.88 Å². The largest absolute Gasteiger partial charge is 0.480 e. The first-order valence-electron chi connectivity index (χ1n) is 5.13. The van der Waals surface area contributed by atoms with Crippen molar-refractivity contribution >= 4 is 5.78 Å². The lowest BCUT2D eigenvalue weighted by molar-refractivity contribution is 0.0907. The van der Waals surface area contributed by atoms with Gasteiger partial charge in [0, 0.05) is 5.92 Å². The molecule has 0 bridgehead atoms. The van der Waals surface area contributed by atoms with E-state index in [0.29, 0.717) is 11.6 Å². The van der Waals surface area contributed by atoms with Gasteiger partial charge in [-0.15, -0.1) is 0 Å². The van der Waals surface area contributed by atoms with Crippen molar-refractivity contribution in [2.45, 2.75) is 26.7 Å². The van der Waals surface area contributed by atoms with E-state index in [4.69, 9.17) is 4.74 Å². The summed E-state index contributed by atoms with van der Waals surface area (Å²) in [5.41, 5.74) is 0.421. The van der Waals surface area contributed by atoms with E-state index in [1.165, 1.54) is 19.5 Å². The Kier molecular flexibility index (Phi) is 4.21. The summed E-state index contributed by atoms with van der Waals surface area (Å²) in [7, 11) is 1.52. The van der Waals surface area contributed by atoms with E-state index >= 15 is 0 Å². The summed E-state index contributed by atoms with van der Waals surface area (Å²) in [6.07, 6.45) is 4.61. The molecule has 15 heavy (non-hydrogen) atoms. The van der Waals surface area contributed by atoms with Crippen molar-refractivity contribution in [3.8, 4) is 5.88 Å². The maximum absolute atomic E-state index is 11.9. The van der Waals surface area contributed by atoms with Crippen LogP contribution >= 0.6 is 0 Å². The summed E-state index contributed by atoms with van der Waals surface area (Å²) in [4.78, 5) is 19.9. The van der Waals surface area contributed by atoms with Crippen molar-refractivity contribution in [3.63, 3.8) is 0 Å². The van der Waals surface area contributed by atoms with Crippen LogP contribution in [0.2, 0.25) is 0 Å².